The lowest BCUT2D eigenvalue weighted by Crippen LogP contribution is -2.37. The molecule has 7 nitrogen and oxygen atoms in total. The van der Waals surface area contributed by atoms with Crippen molar-refractivity contribution in [3.63, 3.8) is 0 Å². The number of nitrogens with one attached hydrogen (secondary N) is 1. The van der Waals surface area contributed by atoms with E-state index in [1.807, 2.05) is 26.2 Å². The number of benzene rings is 1. The Bertz CT molecular complexity index is 970. The number of carbonyl (C=O) groups is 1. The van der Waals surface area contributed by atoms with Crippen LogP contribution < -0.4 is 10.3 Å². The maximum absolute atomic E-state index is 12.6. The Kier molecular flexibility index (Phi) is 6.24. The van der Waals surface area contributed by atoms with Gasteiger partial charge in [0.15, 0.2) is 0 Å². The number of rotatable bonds is 6. The van der Waals surface area contributed by atoms with Gasteiger partial charge in [0.2, 0.25) is 5.91 Å². The summed E-state index contributed by atoms with van der Waals surface area (Å²) in [4.78, 5) is 17.0. The topological polar surface area (TPSA) is 75.0 Å². The van der Waals surface area contributed by atoms with Crippen LogP contribution in [0, 0.1) is 35.0 Å². The smallest absolute Gasteiger partial charge is 0.223 e. The van der Waals surface area contributed by atoms with Crippen LogP contribution in [-0.2, 0) is 4.79 Å². The number of amides is 1. The number of likely N-dealkylation sites (N-methyl/N-ethyl adjacent to an activating group) is 1. The lowest BCUT2D eigenvalue weighted by atomic mass is 9.94. The average molecular weight is 469 g/mol. The van der Waals surface area contributed by atoms with Gasteiger partial charge in [-0.25, -0.2) is 0 Å². The van der Waals surface area contributed by atoms with Gasteiger partial charge < -0.3 is 15.1 Å². The van der Waals surface area contributed by atoms with Gasteiger partial charge in [0.25, 0.3) is 0 Å². The molecule has 2 unspecified atom stereocenters. The van der Waals surface area contributed by atoms with E-state index in [2.05, 4.69) is 26.2 Å². The number of nitriles is 1. The molecule has 5 rings (SSSR count). The molecule has 0 radical (unpaired) electrons. The Hall–Kier alpha value is -2.30. The van der Waals surface area contributed by atoms with Gasteiger partial charge in [-0.2, -0.15) is 10.4 Å². The van der Waals surface area contributed by atoms with Crippen molar-refractivity contribution in [2.45, 2.75) is 38.1 Å². The summed E-state index contributed by atoms with van der Waals surface area (Å²) >= 11 is 6.35. The van der Waals surface area contributed by atoms with E-state index < -0.39 is 0 Å². The average Bonchev–Trinajstić information content (AvgIpc) is 3.28. The van der Waals surface area contributed by atoms with Gasteiger partial charge in [0.05, 0.1) is 22.3 Å². The molecule has 1 saturated heterocycles. The number of amidine groups is 1. The van der Waals surface area contributed by atoms with Crippen molar-refractivity contribution in [1.29, 1.82) is 5.26 Å². The fourth-order valence-corrected chi connectivity index (χ4v) is 6.26. The highest BCUT2D eigenvalue weighted by Gasteiger charge is 2.60. The van der Waals surface area contributed by atoms with Crippen molar-refractivity contribution in [2.24, 2.45) is 28.8 Å². The number of piperidine rings is 1. The largest absolute Gasteiger partial charge is 0.358 e. The monoisotopic (exact) mass is 468 g/mol. The molecule has 0 spiro atoms. The summed E-state index contributed by atoms with van der Waals surface area (Å²) in [5, 5.41) is 20.1. The van der Waals surface area contributed by atoms with Gasteiger partial charge in [0, 0.05) is 38.5 Å². The number of nitrogens with zero attached hydrogens (tertiary/aromatic N) is 5. The third-order valence-corrected chi connectivity index (χ3v) is 8.24. The molecule has 8 heteroatoms. The quantitative estimate of drug-likeness (QED) is 0.694. The number of carbonyl (C=O) groups excluding carboxylic acids is 1. The highest BCUT2D eigenvalue weighted by Crippen LogP contribution is 2.52. The molecule has 4 atom stereocenters. The second-order valence-corrected chi connectivity index (χ2v) is 10.7. The zero-order chi connectivity index (χ0) is 23.1. The minimum Gasteiger partial charge on any atom is -0.358 e. The van der Waals surface area contributed by atoms with Crippen LogP contribution in [0.4, 0.5) is 5.69 Å². The van der Waals surface area contributed by atoms with Crippen LogP contribution in [0.1, 0.15) is 37.7 Å². The van der Waals surface area contributed by atoms with Gasteiger partial charge in [0.1, 0.15) is 11.9 Å². The summed E-state index contributed by atoms with van der Waals surface area (Å²) in [5.41, 5.74) is 1.46. The van der Waals surface area contributed by atoms with E-state index in [1.165, 1.54) is 25.7 Å². The van der Waals surface area contributed by atoms with Crippen LogP contribution in [0.15, 0.2) is 23.3 Å². The van der Waals surface area contributed by atoms with Crippen molar-refractivity contribution < 1.29 is 4.79 Å². The Morgan fingerprint density at radius 3 is 2.64 bits per heavy atom. The first kappa shape index (κ1) is 22.5. The number of hydrazone groups is 1. The molecule has 33 heavy (non-hydrogen) atoms. The molecule has 4 aliphatic rings. The number of halogens is 1. The van der Waals surface area contributed by atoms with Crippen molar-refractivity contribution in [3.8, 4) is 6.07 Å². The second kappa shape index (κ2) is 9.15. The van der Waals surface area contributed by atoms with Crippen molar-refractivity contribution in [3.05, 3.63) is 28.8 Å². The van der Waals surface area contributed by atoms with Gasteiger partial charge in [-0.05, 0) is 62.9 Å². The number of hydrogen-bond acceptors (Lipinski definition) is 6. The van der Waals surface area contributed by atoms with Gasteiger partial charge in [-0.15, -0.1) is 0 Å². The minimum absolute atomic E-state index is 0.171. The van der Waals surface area contributed by atoms with E-state index in [1.54, 1.807) is 6.07 Å². The van der Waals surface area contributed by atoms with Gasteiger partial charge >= 0.3 is 0 Å². The van der Waals surface area contributed by atoms with E-state index in [9.17, 15) is 10.1 Å². The summed E-state index contributed by atoms with van der Waals surface area (Å²) < 4.78 is 0. The SMILES string of the molecule is CN(C)CCNC(=O)C1[C@H]2CN(C3=NN(c4ccc(C#N)c(Cl)c4)C(C4CCCC4)C3)C[C@@H]12. The second-order valence-electron chi connectivity index (χ2n) is 10.3. The highest BCUT2D eigenvalue weighted by molar-refractivity contribution is 6.32. The highest BCUT2D eigenvalue weighted by atomic mass is 35.5. The Labute approximate surface area is 201 Å². The molecule has 0 aromatic heterocycles. The number of fused-ring (bicyclic) bond motifs is 1. The zero-order valence-electron chi connectivity index (χ0n) is 19.5. The molecule has 0 bridgehead atoms. The molecular formula is C25H33ClN6O. The molecule has 1 aromatic rings. The molecule has 2 saturated carbocycles. The number of hydrogen-bond donors (Lipinski definition) is 1. The summed E-state index contributed by atoms with van der Waals surface area (Å²) in [6.45, 7) is 3.43. The van der Waals surface area contributed by atoms with Crippen molar-refractivity contribution in [2.75, 3.05) is 45.3 Å². The number of anilines is 1. The van der Waals surface area contributed by atoms with Gasteiger partial charge in [-0.1, -0.05) is 24.4 Å². The molecule has 1 amide bonds. The molecule has 2 aliphatic carbocycles. The van der Waals surface area contributed by atoms with Crippen LogP contribution in [0.5, 0.6) is 0 Å². The van der Waals surface area contributed by atoms with Crippen LogP contribution in [0.3, 0.4) is 0 Å². The van der Waals surface area contributed by atoms with E-state index >= 15 is 0 Å². The predicted molar refractivity (Wildman–Crippen MR) is 130 cm³/mol. The normalized spacial score (nSPS) is 28.8. The Balaban J connectivity index is 1.26. The predicted octanol–water partition coefficient (Wildman–Crippen LogP) is 3.15. The molecular weight excluding hydrogens is 436 g/mol. The third-order valence-electron chi connectivity index (χ3n) is 7.93. The van der Waals surface area contributed by atoms with Crippen LogP contribution in [0.25, 0.3) is 0 Å². The van der Waals surface area contributed by atoms with Crippen molar-refractivity contribution >= 4 is 29.0 Å². The first-order valence-electron chi connectivity index (χ1n) is 12.2. The van der Waals surface area contributed by atoms with E-state index in [0.29, 0.717) is 40.9 Å². The standard InChI is InChI=1S/C25H33ClN6O/c1-30(2)10-9-28-25(33)24-19-14-31(15-20(19)24)23-12-22(16-5-3-4-6-16)32(29-23)18-8-7-17(13-27)21(26)11-18/h7-8,11,16,19-20,22,24H,3-6,9-10,12,14-15H2,1-2H3,(H,28,33)/t19-,20+,22?,24?. The number of likely N-dealkylation sites (tertiary alicyclic amines) is 1. The maximum atomic E-state index is 12.6. The molecule has 176 valence electrons. The first-order valence-corrected chi connectivity index (χ1v) is 12.6. The molecule has 1 aromatic carbocycles. The molecule has 1 N–H and O–H groups in total. The fraction of sp³-hybridized carbons (Fsp3) is 0.640. The summed E-state index contributed by atoms with van der Waals surface area (Å²) in [6, 6.07) is 8.12. The van der Waals surface area contributed by atoms with Crippen molar-refractivity contribution in [1.82, 2.24) is 15.1 Å². The molecule has 3 fully saturated rings. The maximum Gasteiger partial charge on any atom is 0.223 e. The van der Waals surface area contributed by atoms with Gasteiger partial charge in [-0.3, -0.25) is 9.80 Å². The summed E-state index contributed by atoms with van der Waals surface area (Å²) in [6.07, 6.45) is 6.01. The Morgan fingerprint density at radius 2 is 2.00 bits per heavy atom. The molecule has 2 heterocycles. The first-order chi connectivity index (χ1) is 16.0. The van der Waals surface area contributed by atoms with E-state index in [0.717, 1.165) is 37.6 Å². The van der Waals surface area contributed by atoms with E-state index in [4.69, 9.17) is 16.7 Å². The lowest BCUT2D eigenvalue weighted by Gasteiger charge is -2.28. The van der Waals surface area contributed by atoms with E-state index in [-0.39, 0.29) is 11.8 Å². The van der Waals surface area contributed by atoms with Crippen LogP contribution in [-0.4, -0.2) is 67.9 Å². The lowest BCUT2D eigenvalue weighted by molar-refractivity contribution is -0.123. The minimum atomic E-state index is 0.171. The molecule has 2 aliphatic heterocycles. The van der Waals surface area contributed by atoms with Crippen LogP contribution >= 0.6 is 11.6 Å². The third kappa shape index (κ3) is 4.43. The van der Waals surface area contributed by atoms with Crippen LogP contribution in [0.2, 0.25) is 5.02 Å². The Morgan fingerprint density at radius 1 is 1.27 bits per heavy atom. The summed E-state index contributed by atoms with van der Waals surface area (Å²) in [5.74, 6) is 3.08. The zero-order valence-corrected chi connectivity index (χ0v) is 20.3. The summed E-state index contributed by atoms with van der Waals surface area (Å²) in [7, 11) is 4.04. The fourth-order valence-electron chi connectivity index (χ4n) is 6.05.